The standard InChI is InChI=1S/C29H30N6O6S2/c1-17-14-21(18(2)33(17)24-12-10-20(35(36)37)16-26(24)41-4)28-27(23-8-6-7-13-30-23)31-29(42)34(28)19-9-11-22(25(15-19)40-3)32-43(5,38)39/h6-16,27-28,32H,1-5H3,(H,31,42)/t27-,28+/m0/s1. The number of nitrogens with zero attached hydrogens (tertiary/aromatic N) is 4. The second-order valence-electron chi connectivity index (χ2n) is 10.0. The molecule has 5 rings (SSSR count). The molecule has 0 radical (unpaired) electrons. The van der Waals surface area contributed by atoms with Gasteiger partial charge in [0, 0.05) is 35.4 Å². The molecular weight excluding hydrogens is 592 g/mol. The molecule has 2 aromatic heterocycles. The number of aromatic nitrogens is 2. The van der Waals surface area contributed by atoms with Gasteiger partial charge in [-0.1, -0.05) is 6.07 Å². The van der Waals surface area contributed by atoms with Crippen molar-refractivity contribution in [2.24, 2.45) is 0 Å². The molecule has 43 heavy (non-hydrogen) atoms. The van der Waals surface area contributed by atoms with Crippen LogP contribution in [0.1, 0.15) is 34.7 Å². The van der Waals surface area contributed by atoms with Crippen LogP contribution in [0.5, 0.6) is 11.5 Å². The number of sulfonamides is 1. The molecule has 224 valence electrons. The first kappa shape index (κ1) is 29.8. The highest BCUT2D eigenvalue weighted by atomic mass is 32.2. The van der Waals surface area contributed by atoms with Crippen molar-refractivity contribution in [1.29, 1.82) is 0 Å². The number of nitro benzene ring substituents is 1. The molecule has 1 aliphatic heterocycles. The number of hydrogen-bond acceptors (Lipinski definition) is 8. The first-order valence-corrected chi connectivity index (χ1v) is 15.4. The molecule has 0 amide bonds. The average molecular weight is 623 g/mol. The Balaban J connectivity index is 1.68. The smallest absolute Gasteiger partial charge is 0.273 e. The van der Waals surface area contributed by atoms with E-state index in [1.54, 1.807) is 30.5 Å². The van der Waals surface area contributed by atoms with Gasteiger partial charge in [-0.2, -0.15) is 0 Å². The van der Waals surface area contributed by atoms with Crippen molar-refractivity contribution in [3.63, 3.8) is 0 Å². The number of anilines is 2. The van der Waals surface area contributed by atoms with Crippen LogP contribution in [0.15, 0.2) is 66.9 Å². The van der Waals surface area contributed by atoms with E-state index in [9.17, 15) is 18.5 Å². The molecule has 0 saturated carbocycles. The van der Waals surface area contributed by atoms with Crippen molar-refractivity contribution >= 4 is 44.4 Å². The van der Waals surface area contributed by atoms with Crippen LogP contribution in [0.25, 0.3) is 5.69 Å². The quantitative estimate of drug-likeness (QED) is 0.149. The van der Waals surface area contributed by atoms with E-state index in [0.29, 0.717) is 33.7 Å². The van der Waals surface area contributed by atoms with Gasteiger partial charge in [0.25, 0.3) is 5.69 Å². The van der Waals surface area contributed by atoms with Crippen LogP contribution >= 0.6 is 12.2 Å². The minimum absolute atomic E-state index is 0.0715. The fourth-order valence-corrected chi connectivity index (χ4v) is 6.40. The SMILES string of the molecule is COc1cc(N2C(=S)N[C@@H](c3ccccn3)[C@H]2c2cc(C)n(-c3ccc([N+](=O)[O-])cc3OC)c2C)ccc1NS(C)(=O)=O. The number of rotatable bonds is 9. The van der Waals surface area contributed by atoms with Gasteiger partial charge in [0.15, 0.2) is 5.11 Å². The van der Waals surface area contributed by atoms with Crippen LogP contribution in [0, 0.1) is 24.0 Å². The van der Waals surface area contributed by atoms with Crippen molar-refractivity contribution in [3.05, 3.63) is 99.6 Å². The van der Waals surface area contributed by atoms with E-state index < -0.39 is 14.9 Å². The Labute approximate surface area is 254 Å². The molecule has 0 unspecified atom stereocenters. The van der Waals surface area contributed by atoms with Crippen molar-refractivity contribution < 1.29 is 22.8 Å². The lowest BCUT2D eigenvalue weighted by molar-refractivity contribution is -0.384. The normalized spacial score (nSPS) is 16.6. The summed E-state index contributed by atoms with van der Waals surface area (Å²) in [4.78, 5) is 17.5. The number of benzene rings is 2. The van der Waals surface area contributed by atoms with Crippen LogP contribution in [0.4, 0.5) is 17.1 Å². The van der Waals surface area contributed by atoms with Crippen molar-refractivity contribution in [1.82, 2.24) is 14.9 Å². The number of nitrogens with one attached hydrogen (secondary N) is 2. The number of ether oxygens (including phenoxy) is 2. The van der Waals surface area contributed by atoms with Gasteiger partial charge in [-0.15, -0.1) is 0 Å². The zero-order chi connectivity index (χ0) is 31.1. The maximum Gasteiger partial charge on any atom is 0.273 e. The summed E-state index contributed by atoms with van der Waals surface area (Å²) >= 11 is 5.88. The van der Waals surface area contributed by atoms with Gasteiger partial charge in [-0.05, 0) is 68.0 Å². The van der Waals surface area contributed by atoms with E-state index in [4.69, 9.17) is 21.7 Å². The van der Waals surface area contributed by atoms with E-state index in [2.05, 4.69) is 21.1 Å². The molecule has 2 N–H and O–H groups in total. The zero-order valence-corrected chi connectivity index (χ0v) is 25.7. The maximum atomic E-state index is 11.9. The van der Waals surface area contributed by atoms with Gasteiger partial charge in [0.05, 0.1) is 60.6 Å². The van der Waals surface area contributed by atoms with Crippen LogP contribution in [0.3, 0.4) is 0 Å². The number of thiocarbonyl (C=S) groups is 1. The van der Waals surface area contributed by atoms with Crippen LogP contribution in [0.2, 0.25) is 0 Å². The average Bonchev–Trinajstić information content (AvgIpc) is 3.47. The Bertz CT molecular complexity index is 1830. The fraction of sp³-hybridized carbons (Fsp3) is 0.241. The van der Waals surface area contributed by atoms with Gasteiger partial charge in [0.1, 0.15) is 11.5 Å². The predicted molar refractivity (Wildman–Crippen MR) is 168 cm³/mol. The monoisotopic (exact) mass is 622 g/mol. The summed E-state index contributed by atoms with van der Waals surface area (Å²) in [6.07, 6.45) is 2.79. The summed E-state index contributed by atoms with van der Waals surface area (Å²) in [6, 6.07) is 16.7. The molecule has 1 fully saturated rings. The highest BCUT2D eigenvalue weighted by molar-refractivity contribution is 7.92. The Hall–Kier alpha value is -4.69. The topological polar surface area (TPSA) is 141 Å². The number of non-ortho nitro benzene ring substituents is 1. The molecule has 3 heterocycles. The zero-order valence-electron chi connectivity index (χ0n) is 24.1. The third kappa shape index (κ3) is 5.70. The number of methoxy groups -OCH3 is 2. The van der Waals surface area contributed by atoms with Crippen LogP contribution in [-0.2, 0) is 10.0 Å². The summed E-state index contributed by atoms with van der Waals surface area (Å²) in [6.45, 7) is 3.92. The number of hydrogen-bond donors (Lipinski definition) is 2. The van der Waals surface area contributed by atoms with E-state index in [-0.39, 0.29) is 17.8 Å². The largest absolute Gasteiger partial charge is 0.494 e. The molecule has 12 nitrogen and oxygen atoms in total. The van der Waals surface area contributed by atoms with E-state index >= 15 is 0 Å². The minimum atomic E-state index is -3.54. The van der Waals surface area contributed by atoms with E-state index in [1.807, 2.05) is 41.5 Å². The molecule has 0 aliphatic carbocycles. The third-order valence-corrected chi connectivity index (χ3v) is 8.17. The first-order chi connectivity index (χ1) is 20.4. The summed E-state index contributed by atoms with van der Waals surface area (Å²) in [5.41, 5.74) is 5.01. The Morgan fingerprint density at radius 2 is 1.79 bits per heavy atom. The lowest BCUT2D eigenvalue weighted by atomic mass is 9.96. The molecule has 4 aromatic rings. The molecule has 0 bridgehead atoms. The molecule has 1 saturated heterocycles. The highest BCUT2D eigenvalue weighted by Crippen LogP contribution is 2.45. The molecular formula is C29H30N6O6S2. The van der Waals surface area contributed by atoms with Gasteiger partial charge < -0.3 is 24.3 Å². The van der Waals surface area contributed by atoms with Gasteiger partial charge in [-0.25, -0.2) is 8.42 Å². The highest BCUT2D eigenvalue weighted by Gasteiger charge is 2.42. The van der Waals surface area contributed by atoms with E-state index in [1.165, 1.54) is 26.4 Å². The van der Waals surface area contributed by atoms with Gasteiger partial charge >= 0.3 is 0 Å². The summed E-state index contributed by atoms with van der Waals surface area (Å²) in [5.74, 6) is 0.686. The summed E-state index contributed by atoms with van der Waals surface area (Å²) in [7, 11) is -0.596. The maximum absolute atomic E-state index is 11.9. The van der Waals surface area contributed by atoms with Gasteiger partial charge in [-0.3, -0.25) is 19.8 Å². The van der Waals surface area contributed by atoms with E-state index in [0.717, 1.165) is 28.9 Å². The Kier molecular flexibility index (Phi) is 7.99. The lowest BCUT2D eigenvalue weighted by Gasteiger charge is -2.29. The molecule has 2 aromatic carbocycles. The summed E-state index contributed by atoms with van der Waals surface area (Å²) < 4.78 is 39.4. The minimum Gasteiger partial charge on any atom is -0.494 e. The van der Waals surface area contributed by atoms with Crippen LogP contribution in [-0.4, -0.2) is 48.5 Å². The summed E-state index contributed by atoms with van der Waals surface area (Å²) in [5, 5.41) is 15.3. The molecule has 0 spiro atoms. The Morgan fingerprint density at radius 1 is 1.05 bits per heavy atom. The fourth-order valence-electron chi connectivity index (χ4n) is 5.49. The molecule has 14 heteroatoms. The second-order valence-corrected chi connectivity index (χ2v) is 12.2. The molecule has 2 atom stereocenters. The predicted octanol–water partition coefficient (Wildman–Crippen LogP) is 4.96. The van der Waals surface area contributed by atoms with Crippen LogP contribution < -0.4 is 24.4 Å². The Morgan fingerprint density at radius 3 is 2.42 bits per heavy atom. The number of pyridine rings is 1. The lowest BCUT2D eigenvalue weighted by Crippen LogP contribution is -2.29. The van der Waals surface area contributed by atoms with Gasteiger partial charge in [0.2, 0.25) is 10.0 Å². The van der Waals surface area contributed by atoms with Crippen molar-refractivity contribution in [3.8, 4) is 17.2 Å². The third-order valence-electron chi connectivity index (χ3n) is 7.26. The number of aryl methyl sites for hydroxylation is 1. The second kappa shape index (κ2) is 11.5. The molecule has 1 aliphatic rings. The van der Waals surface area contributed by atoms with Crippen molar-refractivity contribution in [2.45, 2.75) is 25.9 Å². The first-order valence-electron chi connectivity index (χ1n) is 13.1. The van der Waals surface area contributed by atoms with Crippen molar-refractivity contribution in [2.75, 3.05) is 30.1 Å². The number of nitro groups is 1.